The Hall–Kier alpha value is -2.13. The topological polar surface area (TPSA) is 90.3 Å². The third-order valence-corrected chi connectivity index (χ3v) is 6.58. The number of esters is 1. The number of rotatable bonds is 8. The van der Waals surface area contributed by atoms with Crippen LogP contribution in [0.25, 0.3) is 10.2 Å². The maximum atomic E-state index is 13.1. The highest BCUT2D eigenvalue weighted by Crippen LogP contribution is 2.34. The molecule has 0 fully saturated rings. The van der Waals surface area contributed by atoms with Gasteiger partial charge in [0.05, 0.1) is 17.7 Å². The lowest BCUT2D eigenvalue weighted by Crippen LogP contribution is -2.32. The van der Waals surface area contributed by atoms with E-state index in [1.807, 2.05) is 0 Å². The molecule has 0 saturated heterocycles. The van der Waals surface area contributed by atoms with E-state index >= 15 is 0 Å². The van der Waals surface area contributed by atoms with Gasteiger partial charge in [-0.3, -0.25) is 19.0 Å². The zero-order valence-electron chi connectivity index (χ0n) is 15.8. The van der Waals surface area contributed by atoms with E-state index in [9.17, 15) is 14.4 Å². The van der Waals surface area contributed by atoms with Crippen molar-refractivity contribution in [1.82, 2.24) is 14.9 Å². The number of fused-ring (bicyclic) bond motifs is 3. The minimum absolute atomic E-state index is 0.0551. The van der Waals surface area contributed by atoms with Crippen LogP contribution < -0.4 is 10.9 Å². The summed E-state index contributed by atoms with van der Waals surface area (Å²) in [6, 6.07) is 0. The van der Waals surface area contributed by atoms with Gasteiger partial charge in [-0.1, -0.05) is 17.8 Å². The maximum absolute atomic E-state index is 13.1. The number of aromatic nitrogens is 2. The Morgan fingerprint density at radius 3 is 2.93 bits per heavy atom. The normalized spacial score (nSPS) is 13.2. The molecule has 0 saturated carbocycles. The molecule has 0 unspecified atom stereocenters. The van der Waals surface area contributed by atoms with Crippen LogP contribution in [-0.2, 0) is 33.7 Å². The Morgan fingerprint density at radius 2 is 2.18 bits per heavy atom. The van der Waals surface area contributed by atoms with Crippen LogP contribution in [-0.4, -0.2) is 40.3 Å². The molecule has 150 valence electrons. The van der Waals surface area contributed by atoms with E-state index in [2.05, 4.69) is 16.9 Å². The second kappa shape index (κ2) is 9.38. The fourth-order valence-electron chi connectivity index (χ4n) is 3.18. The molecule has 1 aliphatic rings. The van der Waals surface area contributed by atoms with Crippen molar-refractivity contribution in [1.29, 1.82) is 0 Å². The molecule has 1 amide bonds. The van der Waals surface area contributed by atoms with Crippen LogP contribution in [0.5, 0.6) is 0 Å². The number of nitrogens with one attached hydrogen (secondary N) is 1. The first kappa shape index (κ1) is 20.6. The monoisotopic (exact) mass is 421 g/mol. The number of ether oxygens (including phenoxy) is 1. The van der Waals surface area contributed by atoms with Crippen molar-refractivity contribution in [2.75, 3.05) is 18.9 Å². The zero-order valence-corrected chi connectivity index (χ0v) is 17.4. The number of amides is 1. The van der Waals surface area contributed by atoms with E-state index in [-0.39, 0.29) is 30.4 Å². The number of thiophene rings is 1. The SMILES string of the molecule is C=CCn1c(SCC(=O)NCC(=O)OCC)nc2sc3c(c2c1=O)CCCC3. The fourth-order valence-corrected chi connectivity index (χ4v) is 5.32. The Kier molecular flexibility index (Phi) is 6.90. The van der Waals surface area contributed by atoms with Crippen LogP contribution in [0, 0.1) is 0 Å². The van der Waals surface area contributed by atoms with Crippen molar-refractivity contribution in [3.63, 3.8) is 0 Å². The average Bonchev–Trinajstić information content (AvgIpc) is 3.06. The van der Waals surface area contributed by atoms with E-state index in [0.29, 0.717) is 11.7 Å². The predicted molar refractivity (Wildman–Crippen MR) is 111 cm³/mol. The van der Waals surface area contributed by atoms with Crippen LogP contribution in [0.1, 0.15) is 30.2 Å². The number of carbonyl (C=O) groups excluding carboxylic acids is 2. The summed E-state index contributed by atoms with van der Waals surface area (Å²) in [5.41, 5.74) is 1.07. The molecule has 1 aliphatic carbocycles. The summed E-state index contributed by atoms with van der Waals surface area (Å²) in [7, 11) is 0. The highest BCUT2D eigenvalue weighted by atomic mass is 32.2. The first-order valence-corrected chi connectivity index (χ1v) is 11.1. The molecular weight excluding hydrogens is 398 g/mol. The van der Waals surface area contributed by atoms with Gasteiger partial charge in [-0.05, 0) is 38.2 Å². The lowest BCUT2D eigenvalue weighted by molar-refractivity contribution is -0.143. The van der Waals surface area contributed by atoms with E-state index < -0.39 is 5.97 Å². The Balaban J connectivity index is 1.81. The van der Waals surface area contributed by atoms with Crippen LogP contribution in [0.3, 0.4) is 0 Å². The first-order chi connectivity index (χ1) is 13.5. The molecule has 0 spiro atoms. The second-order valence-corrected chi connectivity index (χ2v) is 8.39. The molecule has 0 aromatic carbocycles. The lowest BCUT2D eigenvalue weighted by Gasteiger charge is -2.12. The quantitative estimate of drug-likeness (QED) is 0.304. The van der Waals surface area contributed by atoms with Gasteiger partial charge in [0, 0.05) is 11.4 Å². The summed E-state index contributed by atoms with van der Waals surface area (Å²) in [4.78, 5) is 43.2. The molecule has 9 heteroatoms. The molecule has 28 heavy (non-hydrogen) atoms. The summed E-state index contributed by atoms with van der Waals surface area (Å²) in [5, 5.41) is 3.72. The minimum atomic E-state index is -0.479. The lowest BCUT2D eigenvalue weighted by atomic mass is 9.97. The van der Waals surface area contributed by atoms with Gasteiger partial charge >= 0.3 is 5.97 Å². The van der Waals surface area contributed by atoms with Gasteiger partial charge in [0.25, 0.3) is 5.56 Å². The summed E-state index contributed by atoms with van der Waals surface area (Å²) in [5.74, 6) is -0.740. The number of carbonyl (C=O) groups is 2. The van der Waals surface area contributed by atoms with Gasteiger partial charge in [0.2, 0.25) is 5.91 Å². The molecule has 0 bridgehead atoms. The highest BCUT2D eigenvalue weighted by molar-refractivity contribution is 7.99. The number of hydrogen-bond donors (Lipinski definition) is 1. The third-order valence-electron chi connectivity index (χ3n) is 4.42. The predicted octanol–water partition coefficient (Wildman–Crippen LogP) is 2.29. The Labute approximate surface area is 171 Å². The highest BCUT2D eigenvalue weighted by Gasteiger charge is 2.22. The van der Waals surface area contributed by atoms with E-state index in [1.165, 1.54) is 16.6 Å². The van der Waals surface area contributed by atoms with Crippen molar-refractivity contribution >= 4 is 45.2 Å². The van der Waals surface area contributed by atoms with Crippen LogP contribution in [0.2, 0.25) is 0 Å². The van der Waals surface area contributed by atoms with Crippen LogP contribution >= 0.6 is 23.1 Å². The molecule has 1 N–H and O–H groups in total. The van der Waals surface area contributed by atoms with Crippen molar-refractivity contribution in [2.45, 2.75) is 44.3 Å². The Morgan fingerprint density at radius 1 is 1.39 bits per heavy atom. The molecule has 0 radical (unpaired) electrons. The zero-order chi connectivity index (χ0) is 20.1. The standard InChI is InChI=1S/C19H23N3O4S2/c1-3-9-22-18(25)16-12-7-5-6-8-13(12)28-17(16)21-19(22)27-11-14(23)20-10-15(24)26-4-2/h3H,1,4-11H2,2H3,(H,20,23). The number of hydrogen-bond acceptors (Lipinski definition) is 7. The average molecular weight is 422 g/mol. The smallest absolute Gasteiger partial charge is 0.325 e. The molecule has 0 atom stereocenters. The second-order valence-electron chi connectivity index (χ2n) is 6.36. The van der Waals surface area contributed by atoms with Gasteiger partial charge < -0.3 is 10.1 Å². The number of allylic oxidation sites excluding steroid dienone is 1. The summed E-state index contributed by atoms with van der Waals surface area (Å²) < 4.78 is 6.35. The molecule has 0 aliphatic heterocycles. The summed E-state index contributed by atoms with van der Waals surface area (Å²) in [6.07, 6.45) is 5.80. The van der Waals surface area contributed by atoms with Crippen molar-refractivity contribution in [3.05, 3.63) is 33.4 Å². The van der Waals surface area contributed by atoms with Gasteiger partial charge in [-0.15, -0.1) is 17.9 Å². The fraction of sp³-hybridized carbons (Fsp3) is 0.474. The van der Waals surface area contributed by atoms with Gasteiger partial charge in [0.1, 0.15) is 11.4 Å². The number of nitrogens with zero attached hydrogens (tertiary/aromatic N) is 2. The van der Waals surface area contributed by atoms with Crippen molar-refractivity contribution < 1.29 is 14.3 Å². The van der Waals surface area contributed by atoms with Gasteiger partial charge in [-0.25, -0.2) is 4.98 Å². The molecular formula is C19H23N3O4S2. The summed E-state index contributed by atoms with van der Waals surface area (Å²) >= 11 is 2.77. The maximum Gasteiger partial charge on any atom is 0.325 e. The largest absolute Gasteiger partial charge is 0.465 e. The molecule has 2 aromatic heterocycles. The minimum Gasteiger partial charge on any atom is -0.465 e. The molecule has 2 aromatic rings. The molecule has 2 heterocycles. The van der Waals surface area contributed by atoms with Gasteiger partial charge in [-0.2, -0.15) is 0 Å². The van der Waals surface area contributed by atoms with Crippen molar-refractivity contribution in [2.24, 2.45) is 0 Å². The number of thioether (sulfide) groups is 1. The Bertz CT molecular complexity index is 964. The number of aryl methyl sites for hydroxylation is 2. The van der Waals surface area contributed by atoms with Gasteiger partial charge in [0.15, 0.2) is 5.16 Å². The van der Waals surface area contributed by atoms with E-state index in [4.69, 9.17) is 4.74 Å². The van der Waals surface area contributed by atoms with E-state index in [0.717, 1.165) is 41.5 Å². The van der Waals surface area contributed by atoms with Crippen molar-refractivity contribution in [3.8, 4) is 0 Å². The van der Waals surface area contributed by atoms with Crippen LogP contribution in [0.4, 0.5) is 0 Å². The van der Waals surface area contributed by atoms with E-state index in [1.54, 1.807) is 28.9 Å². The molecule has 3 rings (SSSR count). The third kappa shape index (κ3) is 4.47. The first-order valence-electron chi connectivity index (χ1n) is 9.26. The van der Waals surface area contributed by atoms with Crippen LogP contribution in [0.15, 0.2) is 22.6 Å². The summed E-state index contributed by atoms with van der Waals surface area (Å²) in [6.45, 7) is 5.87. The molecule has 7 nitrogen and oxygen atoms in total.